The molecule has 4 nitrogen and oxygen atoms in total. The molecule has 4 rings (SSSR count). The highest BCUT2D eigenvalue weighted by Crippen LogP contribution is 2.50. The molecule has 0 radical (unpaired) electrons. The molecule has 0 amide bonds. The van der Waals surface area contributed by atoms with Crippen molar-refractivity contribution in [3.63, 3.8) is 0 Å². The fourth-order valence-corrected chi connectivity index (χ4v) is 4.06. The Bertz CT molecular complexity index is 896. The summed E-state index contributed by atoms with van der Waals surface area (Å²) in [5.74, 6) is 2.10. The molecule has 1 aromatic carbocycles. The number of hydrogen-bond donors (Lipinski definition) is 0. The summed E-state index contributed by atoms with van der Waals surface area (Å²) in [6, 6.07) is 3.83. The van der Waals surface area contributed by atoms with Crippen LogP contribution < -0.4 is 9.47 Å². The molecule has 112 valence electrons. The molecule has 2 aromatic heterocycles. The van der Waals surface area contributed by atoms with Gasteiger partial charge in [-0.25, -0.2) is 0 Å². The number of pyridine rings is 1. The van der Waals surface area contributed by atoms with Crippen molar-refractivity contribution in [3.05, 3.63) is 28.9 Å². The number of thiophene rings is 1. The fraction of sp³-hybridized carbons (Fsp3) is 0.294. The average molecular weight is 313 g/mol. The van der Waals surface area contributed by atoms with Crippen LogP contribution in [-0.4, -0.2) is 25.5 Å². The Balaban J connectivity index is 2.22. The SMILES string of the molecule is COc1c2ccnc(C3CC3)c2c(OC)c2cc(C=O)sc12. The molecule has 1 fully saturated rings. The molecule has 0 saturated heterocycles. The molecule has 22 heavy (non-hydrogen) atoms. The third-order valence-corrected chi connectivity index (χ3v) is 5.20. The number of methoxy groups -OCH3 is 2. The molecule has 3 aromatic rings. The van der Waals surface area contributed by atoms with E-state index in [1.54, 1.807) is 14.2 Å². The molecule has 1 saturated carbocycles. The molecule has 5 heteroatoms. The van der Waals surface area contributed by atoms with Crippen LogP contribution in [0.4, 0.5) is 0 Å². The molecular formula is C17H15NO3S. The third-order valence-electron chi connectivity index (χ3n) is 4.14. The van der Waals surface area contributed by atoms with Crippen molar-refractivity contribution >= 4 is 38.5 Å². The van der Waals surface area contributed by atoms with Crippen molar-refractivity contribution in [3.8, 4) is 11.5 Å². The highest BCUT2D eigenvalue weighted by Gasteiger charge is 2.30. The van der Waals surface area contributed by atoms with Crippen LogP contribution in [-0.2, 0) is 0 Å². The standard InChI is InChI=1S/C17H15NO3S/c1-20-15-12-7-10(8-19)22-17(12)16(21-2)11-5-6-18-14(13(11)15)9-3-4-9/h5-9H,3-4H2,1-2H3. The maximum atomic E-state index is 11.2. The molecule has 0 aliphatic heterocycles. The summed E-state index contributed by atoms with van der Waals surface area (Å²) in [6.07, 6.45) is 5.03. The minimum absolute atomic E-state index is 0.504. The lowest BCUT2D eigenvalue weighted by Gasteiger charge is -2.14. The van der Waals surface area contributed by atoms with E-state index in [1.807, 2.05) is 18.3 Å². The number of carbonyl (C=O) groups excluding carboxylic acids is 1. The lowest BCUT2D eigenvalue weighted by molar-refractivity contribution is 0.112. The predicted octanol–water partition coefficient (Wildman–Crippen LogP) is 4.16. The summed E-state index contributed by atoms with van der Waals surface area (Å²) in [5, 5.41) is 2.95. The Hall–Kier alpha value is -2.14. The molecule has 2 heterocycles. The van der Waals surface area contributed by atoms with Gasteiger partial charge in [0.25, 0.3) is 0 Å². The van der Waals surface area contributed by atoms with Gasteiger partial charge in [0.05, 0.1) is 34.9 Å². The Kier molecular flexibility index (Phi) is 3.04. The van der Waals surface area contributed by atoms with Crippen LogP contribution in [0.3, 0.4) is 0 Å². The van der Waals surface area contributed by atoms with E-state index < -0.39 is 0 Å². The van der Waals surface area contributed by atoms with Gasteiger partial charge in [-0.2, -0.15) is 0 Å². The van der Waals surface area contributed by atoms with E-state index in [1.165, 1.54) is 24.2 Å². The molecule has 0 unspecified atom stereocenters. The highest BCUT2D eigenvalue weighted by atomic mass is 32.1. The molecule has 0 bridgehead atoms. The Labute approximate surface area is 131 Å². The second-order valence-electron chi connectivity index (χ2n) is 5.47. The van der Waals surface area contributed by atoms with Gasteiger partial charge in [0.2, 0.25) is 0 Å². The Morgan fingerprint density at radius 3 is 2.64 bits per heavy atom. The van der Waals surface area contributed by atoms with Crippen LogP contribution in [0.1, 0.15) is 34.1 Å². The first-order valence-corrected chi connectivity index (χ1v) is 8.01. The van der Waals surface area contributed by atoms with E-state index in [4.69, 9.17) is 9.47 Å². The number of ether oxygens (including phenoxy) is 2. The highest BCUT2D eigenvalue weighted by molar-refractivity contribution is 7.21. The van der Waals surface area contributed by atoms with E-state index in [9.17, 15) is 4.79 Å². The summed E-state index contributed by atoms with van der Waals surface area (Å²) in [7, 11) is 3.33. The molecule has 1 aliphatic carbocycles. The van der Waals surface area contributed by atoms with Gasteiger partial charge in [0.15, 0.2) is 6.29 Å². The summed E-state index contributed by atoms with van der Waals surface area (Å²) < 4.78 is 12.3. The minimum atomic E-state index is 0.504. The zero-order chi connectivity index (χ0) is 15.3. The smallest absolute Gasteiger partial charge is 0.160 e. The Morgan fingerprint density at radius 1 is 1.23 bits per heavy atom. The number of hydrogen-bond acceptors (Lipinski definition) is 5. The van der Waals surface area contributed by atoms with Crippen LogP contribution in [0, 0.1) is 0 Å². The average Bonchev–Trinajstić information content (AvgIpc) is 3.31. The summed E-state index contributed by atoms with van der Waals surface area (Å²) in [5.41, 5.74) is 1.08. The number of rotatable bonds is 4. The predicted molar refractivity (Wildman–Crippen MR) is 87.6 cm³/mol. The summed E-state index contributed by atoms with van der Waals surface area (Å²) in [6.45, 7) is 0. The van der Waals surface area contributed by atoms with E-state index in [2.05, 4.69) is 4.98 Å². The van der Waals surface area contributed by atoms with E-state index in [0.29, 0.717) is 10.8 Å². The lowest BCUT2D eigenvalue weighted by atomic mass is 10.0. The first-order chi connectivity index (χ1) is 10.8. The van der Waals surface area contributed by atoms with Gasteiger partial charge >= 0.3 is 0 Å². The van der Waals surface area contributed by atoms with Gasteiger partial charge in [0, 0.05) is 22.9 Å². The van der Waals surface area contributed by atoms with Gasteiger partial charge in [-0.15, -0.1) is 11.3 Å². The van der Waals surface area contributed by atoms with Crippen LogP contribution in [0.2, 0.25) is 0 Å². The molecule has 0 spiro atoms. The van der Waals surface area contributed by atoms with E-state index in [-0.39, 0.29) is 0 Å². The van der Waals surface area contributed by atoms with Gasteiger partial charge in [0.1, 0.15) is 11.5 Å². The largest absolute Gasteiger partial charge is 0.495 e. The molecule has 0 atom stereocenters. The van der Waals surface area contributed by atoms with Crippen molar-refractivity contribution < 1.29 is 14.3 Å². The normalized spacial score (nSPS) is 14.5. The summed E-state index contributed by atoms with van der Waals surface area (Å²) in [4.78, 5) is 16.4. The van der Waals surface area contributed by atoms with Gasteiger partial charge in [-0.3, -0.25) is 9.78 Å². The summed E-state index contributed by atoms with van der Waals surface area (Å²) >= 11 is 1.43. The molecule has 1 aliphatic rings. The van der Waals surface area contributed by atoms with Crippen LogP contribution in [0.25, 0.3) is 20.9 Å². The Morgan fingerprint density at radius 2 is 2.00 bits per heavy atom. The number of aromatic nitrogens is 1. The molecule has 0 N–H and O–H groups in total. The van der Waals surface area contributed by atoms with Crippen molar-refractivity contribution in [1.29, 1.82) is 0 Å². The number of aldehydes is 1. The number of nitrogens with zero attached hydrogens (tertiary/aromatic N) is 1. The van der Waals surface area contributed by atoms with Gasteiger partial charge < -0.3 is 9.47 Å². The fourth-order valence-electron chi connectivity index (χ4n) is 3.05. The third kappa shape index (κ3) is 1.82. The quantitative estimate of drug-likeness (QED) is 0.679. The number of fused-ring (bicyclic) bond motifs is 2. The number of carbonyl (C=O) groups is 1. The van der Waals surface area contributed by atoms with E-state index in [0.717, 1.165) is 44.3 Å². The zero-order valence-corrected chi connectivity index (χ0v) is 13.2. The first kappa shape index (κ1) is 13.5. The second kappa shape index (κ2) is 4.95. The van der Waals surface area contributed by atoms with Crippen molar-refractivity contribution in [2.75, 3.05) is 14.2 Å². The van der Waals surface area contributed by atoms with E-state index >= 15 is 0 Å². The van der Waals surface area contributed by atoms with Crippen molar-refractivity contribution in [2.45, 2.75) is 18.8 Å². The van der Waals surface area contributed by atoms with Gasteiger partial charge in [-0.1, -0.05) is 0 Å². The second-order valence-corrected chi connectivity index (χ2v) is 6.55. The van der Waals surface area contributed by atoms with Crippen molar-refractivity contribution in [1.82, 2.24) is 4.98 Å². The molecular weight excluding hydrogens is 298 g/mol. The zero-order valence-electron chi connectivity index (χ0n) is 12.4. The monoisotopic (exact) mass is 313 g/mol. The van der Waals surface area contributed by atoms with Crippen LogP contribution >= 0.6 is 11.3 Å². The van der Waals surface area contributed by atoms with Gasteiger partial charge in [-0.05, 0) is 25.0 Å². The lowest BCUT2D eigenvalue weighted by Crippen LogP contribution is -1.96. The van der Waals surface area contributed by atoms with Crippen LogP contribution in [0.15, 0.2) is 18.3 Å². The topological polar surface area (TPSA) is 48.4 Å². The van der Waals surface area contributed by atoms with Crippen LogP contribution in [0.5, 0.6) is 11.5 Å². The maximum absolute atomic E-state index is 11.2. The van der Waals surface area contributed by atoms with Crippen molar-refractivity contribution in [2.24, 2.45) is 0 Å². The number of benzene rings is 1. The minimum Gasteiger partial charge on any atom is -0.495 e. The maximum Gasteiger partial charge on any atom is 0.160 e. The first-order valence-electron chi connectivity index (χ1n) is 7.19.